The Balaban J connectivity index is 1.60. The molecule has 1 aliphatic heterocycles. The van der Waals surface area contributed by atoms with Gasteiger partial charge in [0.15, 0.2) is 18.1 Å². The number of carbonyl (C=O) groups is 2. The van der Waals surface area contributed by atoms with Crippen LogP contribution in [-0.2, 0) is 26.1 Å². The molecule has 10 heteroatoms. The zero-order valence-electron chi connectivity index (χ0n) is 17.3. The Bertz CT molecular complexity index is 1070. The first kappa shape index (κ1) is 22.6. The Labute approximate surface area is 181 Å². The highest BCUT2D eigenvalue weighted by molar-refractivity contribution is 7.89. The van der Waals surface area contributed by atoms with Gasteiger partial charge in [0.1, 0.15) is 0 Å². The number of hydrogen-bond donors (Lipinski definition) is 1. The Hall–Kier alpha value is -3.11. The third-order valence-electron chi connectivity index (χ3n) is 4.59. The molecule has 0 fully saturated rings. The van der Waals surface area contributed by atoms with E-state index in [2.05, 4.69) is 4.72 Å². The molecule has 166 valence electrons. The number of benzene rings is 2. The van der Waals surface area contributed by atoms with Gasteiger partial charge in [-0.3, -0.25) is 4.79 Å². The summed E-state index contributed by atoms with van der Waals surface area (Å²) in [5, 5.41) is 0. The average molecular weight is 448 g/mol. The normalized spacial score (nSPS) is 12.5. The van der Waals surface area contributed by atoms with E-state index >= 15 is 0 Å². The molecule has 0 atom stereocenters. The van der Waals surface area contributed by atoms with E-state index in [1.165, 1.54) is 29.2 Å². The number of esters is 1. The van der Waals surface area contributed by atoms with E-state index < -0.39 is 22.6 Å². The lowest BCUT2D eigenvalue weighted by Gasteiger charge is -2.21. The summed E-state index contributed by atoms with van der Waals surface area (Å²) in [6, 6.07) is 10.9. The highest BCUT2D eigenvalue weighted by atomic mass is 32.2. The molecule has 0 aliphatic carbocycles. The van der Waals surface area contributed by atoms with Gasteiger partial charge in [0, 0.05) is 19.6 Å². The second kappa shape index (κ2) is 9.80. The third-order valence-corrected chi connectivity index (χ3v) is 6.13. The summed E-state index contributed by atoms with van der Waals surface area (Å²) in [5.74, 6) is 0.135. The predicted octanol–water partition coefficient (Wildman–Crippen LogP) is 1.92. The summed E-state index contributed by atoms with van der Waals surface area (Å²) in [6.07, 6.45) is 0. The standard InChI is InChI=1S/C21H24N2O7S/c1-3-22-31(26,27)17-7-5-6-16(11-17)21(25)28-13-20(24)23(4-2)12-15-8-9-18-19(10-15)30-14-29-18/h5-11,22H,3-4,12-14H2,1-2H3. The molecule has 0 spiro atoms. The minimum Gasteiger partial charge on any atom is -0.454 e. The molecule has 2 aromatic rings. The van der Waals surface area contributed by atoms with Crippen molar-refractivity contribution in [2.45, 2.75) is 25.3 Å². The fourth-order valence-electron chi connectivity index (χ4n) is 3.00. The van der Waals surface area contributed by atoms with Gasteiger partial charge in [-0.1, -0.05) is 19.1 Å². The van der Waals surface area contributed by atoms with E-state index in [0.717, 1.165) is 5.56 Å². The number of hydrogen-bond acceptors (Lipinski definition) is 7. The molecule has 1 heterocycles. The van der Waals surface area contributed by atoms with Gasteiger partial charge in [0.2, 0.25) is 16.8 Å². The minimum atomic E-state index is -3.71. The number of fused-ring (bicyclic) bond motifs is 1. The first-order chi connectivity index (χ1) is 14.8. The molecule has 0 saturated carbocycles. The number of sulfonamides is 1. The van der Waals surface area contributed by atoms with Crippen LogP contribution in [0.3, 0.4) is 0 Å². The smallest absolute Gasteiger partial charge is 0.338 e. The van der Waals surface area contributed by atoms with Crippen molar-refractivity contribution in [1.29, 1.82) is 0 Å². The summed E-state index contributed by atoms with van der Waals surface area (Å²) >= 11 is 0. The van der Waals surface area contributed by atoms with Crippen molar-refractivity contribution < 1.29 is 32.2 Å². The number of amides is 1. The van der Waals surface area contributed by atoms with E-state index in [1.807, 2.05) is 13.0 Å². The molecule has 1 N–H and O–H groups in total. The maximum Gasteiger partial charge on any atom is 0.338 e. The van der Waals surface area contributed by atoms with Crippen LogP contribution < -0.4 is 14.2 Å². The van der Waals surface area contributed by atoms with Crippen LogP contribution >= 0.6 is 0 Å². The van der Waals surface area contributed by atoms with Crippen LogP contribution in [-0.4, -0.2) is 51.7 Å². The van der Waals surface area contributed by atoms with Crippen molar-refractivity contribution in [1.82, 2.24) is 9.62 Å². The molecule has 0 aromatic heterocycles. The Morgan fingerprint density at radius 2 is 1.87 bits per heavy atom. The summed E-state index contributed by atoms with van der Waals surface area (Å²) in [5.41, 5.74) is 0.901. The number of nitrogens with one attached hydrogen (secondary N) is 1. The number of ether oxygens (including phenoxy) is 3. The first-order valence-corrected chi connectivity index (χ1v) is 11.3. The largest absolute Gasteiger partial charge is 0.454 e. The lowest BCUT2D eigenvalue weighted by Crippen LogP contribution is -2.34. The Morgan fingerprint density at radius 3 is 2.61 bits per heavy atom. The van der Waals surface area contributed by atoms with E-state index in [-0.39, 0.29) is 29.7 Å². The molecule has 0 saturated heterocycles. The lowest BCUT2D eigenvalue weighted by atomic mass is 10.2. The molecule has 0 bridgehead atoms. The number of likely N-dealkylation sites (N-methyl/N-ethyl adjacent to an activating group) is 1. The highest BCUT2D eigenvalue weighted by Crippen LogP contribution is 2.32. The highest BCUT2D eigenvalue weighted by Gasteiger charge is 2.20. The molecule has 9 nitrogen and oxygen atoms in total. The van der Waals surface area contributed by atoms with Crippen LogP contribution in [0.25, 0.3) is 0 Å². The second-order valence-corrected chi connectivity index (χ2v) is 8.47. The Kier molecular flexibility index (Phi) is 7.13. The van der Waals surface area contributed by atoms with Crippen LogP contribution in [0.4, 0.5) is 0 Å². The number of carbonyl (C=O) groups excluding carboxylic acids is 2. The molecule has 1 amide bonds. The quantitative estimate of drug-likeness (QED) is 0.584. The van der Waals surface area contributed by atoms with Crippen LogP contribution in [0.2, 0.25) is 0 Å². The van der Waals surface area contributed by atoms with Crippen molar-refractivity contribution in [2.24, 2.45) is 0 Å². The van der Waals surface area contributed by atoms with E-state index in [0.29, 0.717) is 24.6 Å². The molecule has 3 rings (SSSR count). The molecule has 31 heavy (non-hydrogen) atoms. The number of nitrogens with zero attached hydrogens (tertiary/aromatic N) is 1. The van der Waals surface area contributed by atoms with Crippen molar-refractivity contribution >= 4 is 21.9 Å². The zero-order chi connectivity index (χ0) is 22.4. The molecule has 1 aliphatic rings. The summed E-state index contributed by atoms with van der Waals surface area (Å²) in [6.45, 7) is 4.15. The summed E-state index contributed by atoms with van der Waals surface area (Å²) in [4.78, 5) is 26.4. The van der Waals surface area contributed by atoms with E-state index in [9.17, 15) is 18.0 Å². The molecular weight excluding hydrogens is 424 g/mol. The maximum absolute atomic E-state index is 12.5. The van der Waals surface area contributed by atoms with Gasteiger partial charge < -0.3 is 19.1 Å². The van der Waals surface area contributed by atoms with Crippen LogP contribution in [0.15, 0.2) is 47.4 Å². The summed E-state index contributed by atoms with van der Waals surface area (Å²) in [7, 11) is -3.71. The third kappa shape index (κ3) is 5.53. The Morgan fingerprint density at radius 1 is 1.10 bits per heavy atom. The van der Waals surface area contributed by atoms with Gasteiger partial charge in [-0.2, -0.15) is 0 Å². The van der Waals surface area contributed by atoms with Gasteiger partial charge in [0.25, 0.3) is 5.91 Å². The molecule has 2 aromatic carbocycles. The monoisotopic (exact) mass is 448 g/mol. The lowest BCUT2D eigenvalue weighted by molar-refractivity contribution is -0.134. The van der Waals surface area contributed by atoms with E-state index in [4.69, 9.17) is 14.2 Å². The van der Waals surface area contributed by atoms with Crippen molar-refractivity contribution in [3.05, 3.63) is 53.6 Å². The van der Waals surface area contributed by atoms with E-state index in [1.54, 1.807) is 19.1 Å². The summed E-state index contributed by atoms with van der Waals surface area (Å²) < 4.78 is 42.3. The van der Waals surface area contributed by atoms with Gasteiger partial charge >= 0.3 is 5.97 Å². The van der Waals surface area contributed by atoms with Gasteiger partial charge in [-0.25, -0.2) is 17.9 Å². The van der Waals surface area contributed by atoms with Gasteiger partial charge in [-0.05, 0) is 42.8 Å². The zero-order valence-corrected chi connectivity index (χ0v) is 18.1. The van der Waals surface area contributed by atoms with Crippen LogP contribution in [0, 0.1) is 0 Å². The molecule has 0 radical (unpaired) electrons. The minimum absolute atomic E-state index is 0.0468. The molecule has 0 unspecified atom stereocenters. The van der Waals surface area contributed by atoms with Crippen LogP contribution in [0.5, 0.6) is 11.5 Å². The van der Waals surface area contributed by atoms with Gasteiger partial charge in [-0.15, -0.1) is 0 Å². The van der Waals surface area contributed by atoms with Crippen LogP contribution in [0.1, 0.15) is 29.8 Å². The topological polar surface area (TPSA) is 111 Å². The van der Waals surface area contributed by atoms with Crippen molar-refractivity contribution in [3.8, 4) is 11.5 Å². The SMILES string of the molecule is CCNS(=O)(=O)c1cccc(C(=O)OCC(=O)N(CC)Cc2ccc3c(c2)OCO3)c1. The van der Waals surface area contributed by atoms with Gasteiger partial charge in [0.05, 0.1) is 10.5 Å². The van der Waals surface area contributed by atoms with Crippen molar-refractivity contribution in [3.63, 3.8) is 0 Å². The first-order valence-electron chi connectivity index (χ1n) is 9.77. The van der Waals surface area contributed by atoms with Crippen molar-refractivity contribution in [2.75, 3.05) is 26.5 Å². The fourth-order valence-corrected chi connectivity index (χ4v) is 4.09. The predicted molar refractivity (Wildman–Crippen MR) is 111 cm³/mol. The number of rotatable bonds is 9. The average Bonchev–Trinajstić information content (AvgIpc) is 3.23. The fraction of sp³-hybridized carbons (Fsp3) is 0.333. The second-order valence-electron chi connectivity index (χ2n) is 6.70. The maximum atomic E-state index is 12.5. The molecular formula is C21H24N2O7S.